The summed E-state index contributed by atoms with van der Waals surface area (Å²) in [6, 6.07) is 5.19. The third kappa shape index (κ3) is 2.68. The summed E-state index contributed by atoms with van der Waals surface area (Å²) in [6.45, 7) is 3.73. The van der Waals surface area contributed by atoms with Gasteiger partial charge in [-0.3, -0.25) is 4.79 Å². The number of rotatable bonds is 4. The van der Waals surface area contributed by atoms with Crippen LogP contribution in [0, 0.1) is 12.8 Å². The molecule has 1 aliphatic carbocycles. The Kier molecular flexibility index (Phi) is 3.64. The van der Waals surface area contributed by atoms with Gasteiger partial charge in [-0.15, -0.1) is 0 Å². The Balaban J connectivity index is 2.13. The van der Waals surface area contributed by atoms with Crippen LogP contribution in [0.25, 0.3) is 0 Å². The highest BCUT2D eigenvalue weighted by Gasteiger charge is 2.42. The topological polar surface area (TPSA) is 49.3 Å². The molecule has 98 valence electrons. The fourth-order valence-corrected chi connectivity index (χ4v) is 2.23. The Bertz CT molecular complexity index is 471. The predicted molar refractivity (Wildman–Crippen MR) is 71.9 cm³/mol. The molecule has 0 aliphatic heterocycles. The zero-order valence-electron chi connectivity index (χ0n) is 10.7. The summed E-state index contributed by atoms with van der Waals surface area (Å²) in [7, 11) is 0. The summed E-state index contributed by atoms with van der Waals surface area (Å²) in [4.78, 5) is 12.1. The van der Waals surface area contributed by atoms with E-state index in [0.717, 1.165) is 18.4 Å². The molecule has 1 saturated carbocycles. The molecular formula is C14H18ClNO2. The molecule has 0 radical (unpaired) electrons. The van der Waals surface area contributed by atoms with E-state index in [1.165, 1.54) is 0 Å². The average molecular weight is 268 g/mol. The number of aryl methyl sites for hydroxylation is 1. The maximum Gasteiger partial charge on any atom is 0.251 e. The second kappa shape index (κ2) is 4.90. The number of hydrogen-bond acceptors (Lipinski definition) is 2. The first-order valence-corrected chi connectivity index (χ1v) is 6.53. The molecule has 2 rings (SSSR count). The zero-order chi connectivity index (χ0) is 13.3. The van der Waals surface area contributed by atoms with Gasteiger partial charge >= 0.3 is 0 Å². The summed E-state index contributed by atoms with van der Waals surface area (Å²) in [6.07, 6.45) is 2.13. The number of aliphatic hydroxyl groups is 1. The lowest BCUT2D eigenvalue weighted by Crippen LogP contribution is -2.50. The van der Waals surface area contributed by atoms with E-state index in [0.29, 0.717) is 16.5 Å². The number of benzene rings is 1. The summed E-state index contributed by atoms with van der Waals surface area (Å²) in [5.41, 5.74) is 0.948. The van der Waals surface area contributed by atoms with E-state index in [-0.39, 0.29) is 12.5 Å². The molecule has 1 aromatic rings. The van der Waals surface area contributed by atoms with Crippen LogP contribution in [0.4, 0.5) is 0 Å². The fourth-order valence-electron chi connectivity index (χ4n) is 2.11. The Hall–Kier alpha value is -1.06. The van der Waals surface area contributed by atoms with Crippen LogP contribution in [-0.4, -0.2) is 23.2 Å². The molecule has 0 unspecified atom stereocenters. The number of nitrogens with one attached hydrogen (secondary N) is 1. The van der Waals surface area contributed by atoms with E-state index in [9.17, 15) is 9.90 Å². The standard InChI is InChI=1S/C14H18ClNO2/c1-9-7-10(3-6-12(9)15)13(18)16-14(2,8-17)11-4-5-11/h3,6-7,11,17H,4-5,8H2,1-2H3,(H,16,18)/t14-/m1/s1. The van der Waals surface area contributed by atoms with Gasteiger partial charge in [0.1, 0.15) is 0 Å². The highest BCUT2D eigenvalue weighted by atomic mass is 35.5. The van der Waals surface area contributed by atoms with Gasteiger partial charge in [0.25, 0.3) is 5.91 Å². The number of aliphatic hydroxyl groups excluding tert-OH is 1. The quantitative estimate of drug-likeness (QED) is 0.881. The molecule has 1 aliphatic rings. The van der Waals surface area contributed by atoms with Crippen LogP contribution >= 0.6 is 11.6 Å². The molecule has 1 atom stereocenters. The SMILES string of the molecule is Cc1cc(C(=O)N[C@](C)(CO)C2CC2)ccc1Cl. The van der Waals surface area contributed by atoms with Crippen LogP contribution in [0.2, 0.25) is 5.02 Å². The lowest BCUT2D eigenvalue weighted by atomic mass is 9.96. The van der Waals surface area contributed by atoms with Crippen molar-refractivity contribution in [3.05, 3.63) is 34.3 Å². The van der Waals surface area contributed by atoms with Crippen molar-refractivity contribution in [1.29, 1.82) is 0 Å². The van der Waals surface area contributed by atoms with Crippen molar-refractivity contribution in [3.8, 4) is 0 Å². The maximum absolute atomic E-state index is 12.1. The highest BCUT2D eigenvalue weighted by molar-refractivity contribution is 6.31. The normalized spacial score (nSPS) is 18.2. The van der Waals surface area contributed by atoms with Crippen LogP contribution < -0.4 is 5.32 Å². The van der Waals surface area contributed by atoms with Crippen LogP contribution in [0.3, 0.4) is 0 Å². The molecule has 0 bridgehead atoms. The number of carbonyl (C=O) groups is 1. The maximum atomic E-state index is 12.1. The summed E-state index contributed by atoms with van der Waals surface area (Å²) >= 11 is 5.93. The molecule has 0 aromatic heterocycles. The van der Waals surface area contributed by atoms with Gasteiger partial charge in [-0.2, -0.15) is 0 Å². The molecule has 0 heterocycles. The van der Waals surface area contributed by atoms with Gasteiger partial charge in [0.05, 0.1) is 12.1 Å². The first-order valence-electron chi connectivity index (χ1n) is 6.16. The number of amides is 1. The van der Waals surface area contributed by atoms with Crippen molar-refractivity contribution in [3.63, 3.8) is 0 Å². The monoisotopic (exact) mass is 267 g/mol. The summed E-state index contributed by atoms with van der Waals surface area (Å²) < 4.78 is 0. The van der Waals surface area contributed by atoms with E-state index in [4.69, 9.17) is 11.6 Å². The lowest BCUT2D eigenvalue weighted by Gasteiger charge is -2.28. The van der Waals surface area contributed by atoms with Gasteiger partial charge in [-0.25, -0.2) is 0 Å². The Morgan fingerprint density at radius 3 is 2.72 bits per heavy atom. The van der Waals surface area contributed by atoms with Crippen molar-refractivity contribution in [2.75, 3.05) is 6.61 Å². The van der Waals surface area contributed by atoms with Gasteiger partial charge in [-0.1, -0.05) is 11.6 Å². The molecule has 4 heteroatoms. The minimum absolute atomic E-state index is 0.0318. The molecule has 3 nitrogen and oxygen atoms in total. The predicted octanol–water partition coefficient (Wildman–Crippen LogP) is 2.54. The van der Waals surface area contributed by atoms with E-state index in [1.807, 2.05) is 13.8 Å². The summed E-state index contributed by atoms with van der Waals surface area (Å²) in [5, 5.41) is 13.0. The molecule has 1 amide bonds. The molecular weight excluding hydrogens is 250 g/mol. The smallest absolute Gasteiger partial charge is 0.251 e. The van der Waals surface area contributed by atoms with E-state index in [2.05, 4.69) is 5.32 Å². The first kappa shape index (κ1) is 13.4. The molecule has 1 fully saturated rings. The van der Waals surface area contributed by atoms with Gasteiger partial charge < -0.3 is 10.4 Å². The largest absolute Gasteiger partial charge is 0.394 e. The molecule has 0 saturated heterocycles. The third-order valence-corrected chi connectivity index (χ3v) is 4.05. The van der Waals surface area contributed by atoms with Crippen molar-refractivity contribution in [2.45, 2.75) is 32.2 Å². The average Bonchev–Trinajstić information content (AvgIpc) is 3.16. The van der Waals surface area contributed by atoms with Gasteiger partial charge in [0, 0.05) is 10.6 Å². The van der Waals surface area contributed by atoms with E-state index >= 15 is 0 Å². The van der Waals surface area contributed by atoms with Gasteiger partial charge in [-0.05, 0) is 56.4 Å². The lowest BCUT2D eigenvalue weighted by molar-refractivity contribution is 0.0824. The Morgan fingerprint density at radius 2 is 2.22 bits per heavy atom. The van der Waals surface area contributed by atoms with Gasteiger partial charge in [0.2, 0.25) is 0 Å². The number of halogens is 1. The third-order valence-electron chi connectivity index (χ3n) is 3.63. The summed E-state index contributed by atoms with van der Waals surface area (Å²) in [5.74, 6) is 0.234. The van der Waals surface area contributed by atoms with Crippen LogP contribution in [-0.2, 0) is 0 Å². The molecule has 1 aromatic carbocycles. The van der Waals surface area contributed by atoms with Gasteiger partial charge in [0.15, 0.2) is 0 Å². The number of carbonyl (C=O) groups excluding carboxylic acids is 1. The molecule has 2 N–H and O–H groups in total. The first-order chi connectivity index (χ1) is 8.46. The van der Waals surface area contributed by atoms with Crippen molar-refractivity contribution < 1.29 is 9.90 Å². The van der Waals surface area contributed by atoms with Crippen LogP contribution in [0.5, 0.6) is 0 Å². The second-order valence-electron chi connectivity index (χ2n) is 5.27. The van der Waals surface area contributed by atoms with Crippen molar-refractivity contribution >= 4 is 17.5 Å². The minimum Gasteiger partial charge on any atom is -0.394 e. The highest BCUT2D eigenvalue weighted by Crippen LogP contribution is 2.39. The number of hydrogen-bond donors (Lipinski definition) is 2. The second-order valence-corrected chi connectivity index (χ2v) is 5.68. The van der Waals surface area contributed by atoms with Crippen LogP contribution in [0.1, 0.15) is 35.7 Å². The van der Waals surface area contributed by atoms with Crippen molar-refractivity contribution in [1.82, 2.24) is 5.32 Å². The van der Waals surface area contributed by atoms with Crippen molar-refractivity contribution in [2.24, 2.45) is 5.92 Å². The fraction of sp³-hybridized carbons (Fsp3) is 0.500. The molecule has 18 heavy (non-hydrogen) atoms. The van der Waals surface area contributed by atoms with E-state index in [1.54, 1.807) is 18.2 Å². The molecule has 0 spiro atoms. The van der Waals surface area contributed by atoms with Crippen LogP contribution in [0.15, 0.2) is 18.2 Å². The zero-order valence-corrected chi connectivity index (χ0v) is 11.4. The minimum atomic E-state index is -0.509. The Morgan fingerprint density at radius 1 is 1.56 bits per heavy atom. The van der Waals surface area contributed by atoms with E-state index < -0.39 is 5.54 Å². The Labute approximate surface area is 112 Å².